The van der Waals surface area contributed by atoms with Crippen LogP contribution < -0.4 is 10.6 Å². The molecule has 3 amide bonds. The number of carbonyl (C=O) groups excluding carboxylic acids is 3. The van der Waals surface area contributed by atoms with Crippen LogP contribution in [0.25, 0.3) is 0 Å². The lowest BCUT2D eigenvalue weighted by atomic mass is 10.1. The molecular weight excluding hydrogens is 412 g/mol. The number of non-ortho nitro benzene ring substituents is 2. The zero-order chi connectivity index (χ0) is 22.5. The van der Waals surface area contributed by atoms with E-state index in [0.29, 0.717) is 13.0 Å². The second-order valence-corrected chi connectivity index (χ2v) is 7.31. The number of amides is 3. The van der Waals surface area contributed by atoms with Gasteiger partial charge >= 0.3 is 0 Å². The van der Waals surface area contributed by atoms with Crippen molar-refractivity contribution in [3.8, 4) is 0 Å². The fourth-order valence-electron chi connectivity index (χ4n) is 3.74. The third-order valence-corrected chi connectivity index (χ3v) is 5.26. The number of nitro groups is 2. The van der Waals surface area contributed by atoms with Gasteiger partial charge in [-0.25, -0.2) is 0 Å². The zero-order valence-corrected chi connectivity index (χ0v) is 16.6. The minimum atomic E-state index is -0.812. The van der Waals surface area contributed by atoms with E-state index < -0.39 is 33.2 Å². The van der Waals surface area contributed by atoms with Crippen molar-refractivity contribution in [1.82, 2.24) is 20.4 Å². The standard InChI is InChI=1S/C18H22N6O7/c25-16-11-22-5-1-2-15(22)17(26)20-4-7-21(6-3-19-16)18(27)12-8-13(23(28)29)10-14(9-12)24(30)31/h8-10,15H,1-7,11H2,(H,19,25)(H,20,26)/t15-/m0/s1. The first-order valence-corrected chi connectivity index (χ1v) is 9.78. The van der Waals surface area contributed by atoms with Gasteiger partial charge in [-0.05, 0) is 19.4 Å². The van der Waals surface area contributed by atoms with Gasteiger partial charge in [0.1, 0.15) is 0 Å². The maximum Gasteiger partial charge on any atom is 0.277 e. The molecule has 2 saturated heterocycles. The van der Waals surface area contributed by atoms with E-state index in [1.807, 2.05) is 4.90 Å². The molecule has 31 heavy (non-hydrogen) atoms. The van der Waals surface area contributed by atoms with Crippen molar-refractivity contribution < 1.29 is 24.2 Å². The van der Waals surface area contributed by atoms with E-state index >= 15 is 0 Å². The summed E-state index contributed by atoms with van der Waals surface area (Å²) in [5.41, 5.74) is -1.36. The van der Waals surface area contributed by atoms with Gasteiger partial charge in [0.15, 0.2) is 0 Å². The first kappa shape index (κ1) is 22.1. The van der Waals surface area contributed by atoms with E-state index in [0.717, 1.165) is 24.6 Å². The third-order valence-electron chi connectivity index (χ3n) is 5.26. The van der Waals surface area contributed by atoms with Gasteiger partial charge in [-0.3, -0.25) is 39.5 Å². The Morgan fingerprint density at radius 2 is 1.58 bits per heavy atom. The van der Waals surface area contributed by atoms with Crippen LogP contribution in [-0.4, -0.2) is 82.7 Å². The summed E-state index contributed by atoms with van der Waals surface area (Å²) in [7, 11) is 0. The van der Waals surface area contributed by atoms with E-state index in [2.05, 4.69) is 10.6 Å². The predicted octanol–water partition coefficient (Wildman–Crippen LogP) is -0.344. The predicted molar refractivity (Wildman–Crippen MR) is 106 cm³/mol. The number of hydrogen-bond acceptors (Lipinski definition) is 8. The lowest BCUT2D eigenvalue weighted by Crippen LogP contribution is -2.51. The van der Waals surface area contributed by atoms with Crippen LogP contribution in [0.5, 0.6) is 0 Å². The van der Waals surface area contributed by atoms with Gasteiger partial charge in [0, 0.05) is 38.3 Å². The van der Waals surface area contributed by atoms with E-state index in [4.69, 9.17) is 0 Å². The number of nitro benzene ring substituents is 2. The number of carbonyl (C=O) groups is 3. The van der Waals surface area contributed by atoms with Crippen LogP contribution in [0.15, 0.2) is 18.2 Å². The van der Waals surface area contributed by atoms with Crippen LogP contribution in [0.1, 0.15) is 23.2 Å². The molecule has 0 aromatic heterocycles. The van der Waals surface area contributed by atoms with Gasteiger partial charge in [0.2, 0.25) is 11.8 Å². The summed E-state index contributed by atoms with van der Waals surface area (Å²) < 4.78 is 0. The Labute approximate surface area is 176 Å². The Kier molecular flexibility index (Phi) is 6.74. The maximum atomic E-state index is 13.0. The van der Waals surface area contributed by atoms with Crippen LogP contribution >= 0.6 is 0 Å². The van der Waals surface area contributed by atoms with Crippen LogP contribution in [0.2, 0.25) is 0 Å². The van der Waals surface area contributed by atoms with Crippen LogP contribution in [-0.2, 0) is 9.59 Å². The molecular formula is C18H22N6O7. The molecule has 166 valence electrons. The van der Waals surface area contributed by atoms with Crippen LogP contribution in [0.4, 0.5) is 11.4 Å². The summed E-state index contributed by atoms with van der Waals surface area (Å²) >= 11 is 0. The fraction of sp³-hybridized carbons (Fsp3) is 0.500. The highest BCUT2D eigenvalue weighted by Gasteiger charge is 2.32. The SMILES string of the molecule is O=C1CN2CCC[C@H]2C(=O)NCCN(C(=O)c2cc([N+](=O)[O-])cc([N+](=O)[O-])c2)CCN1. The molecule has 2 aliphatic heterocycles. The second kappa shape index (κ2) is 9.47. The molecule has 0 aliphatic carbocycles. The summed E-state index contributed by atoms with van der Waals surface area (Å²) in [4.78, 5) is 61.3. The van der Waals surface area contributed by atoms with Gasteiger partial charge in [-0.2, -0.15) is 0 Å². The van der Waals surface area contributed by atoms with E-state index in [1.54, 1.807) is 0 Å². The maximum absolute atomic E-state index is 13.0. The zero-order valence-electron chi connectivity index (χ0n) is 16.6. The minimum absolute atomic E-state index is 0.0698. The lowest BCUT2D eigenvalue weighted by Gasteiger charge is -2.27. The smallest absolute Gasteiger partial charge is 0.277 e. The van der Waals surface area contributed by atoms with Crippen molar-refractivity contribution in [2.24, 2.45) is 0 Å². The molecule has 13 heteroatoms. The first-order valence-electron chi connectivity index (χ1n) is 9.78. The fourth-order valence-corrected chi connectivity index (χ4v) is 3.74. The Morgan fingerprint density at radius 1 is 0.968 bits per heavy atom. The molecule has 3 rings (SSSR count). The molecule has 0 bridgehead atoms. The molecule has 1 atom stereocenters. The number of rotatable bonds is 3. The van der Waals surface area contributed by atoms with Crippen LogP contribution in [0, 0.1) is 20.2 Å². The van der Waals surface area contributed by atoms with E-state index in [9.17, 15) is 34.6 Å². The normalized spacial score (nSPS) is 20.6. The first-order chi connectivity index (χ1) is 14.8. The highest BCUT2D eigenvalue weighted by Crippen LogP contribution is 2.23. The number of hydrogen-bond donors (Lipinski definition) is 2. The molecule has 0 saturated carbocycles. The van der Waals surface area contributed by atoms with Crippen molar-refractivity contribution in [2.75, 3.05) is 39.3 Å². The van der Waals surface area contributed by atoms with Crippen molar-refractivity contribution >= 4 is 29.1 Å². The minimum Gasteiger partial charge on any atom is -0.353 e. The van der Waals surface area contributed by atoms with Gasteiger partial charge in [0.05, 0.1) is 34.1 Å². The molecule has 0 radical (unpaired) electrons. The number of nitrogens with zero attached hydrogens (tertiary/aromatic N) is 4. The quantitative estimate of drug-likeness (QED) is 0.481. The number of nitrogens with one attached hydrogen (secondary N) is 2. The average molecular weight is 434 g/mol. The molecule has 2 aliphatic rings. The Bertz CT molecular complexity index is 888. The lowest BCUT2D eigenvalue weighted by molar-refractivity contribution is -0.394. The van der Waals surface area contributed by atoms with Gasteiger partial charge in [-0.1, -0.05) is 0 Å². The van der Waals surface area contributed by atoms with Crippen molar-refractivity contribution in [3.63, 3.8) is 0 Å². The van der Waals surface area contributed by atoms with E-state index in [1.165, 1.54) is 4.90 Å². The summed E-state index contributed by atoms with van der Waals surface area (Å²) in [5, 5.41) is 27.7. The average Bonchev–Trinajstić information content (AvgIpc) is 3.18. The van der Waals surface area contributed by atoms with Crippen molar-refractivity contribution in [2.45, 2.75) is 18.9 Å². The summed E-state index contributed by atoms with van der Waals surface area (Å²) in [6.45, 7) is 1.14. The number of benzene rings is 1. The second-order valence-electron chi connectivity index (χ2n) is 7.31. The topological polar surface area (TPSA) is 168 Å². The molecule has 1 aromatic rings. The molecule has 1 aromatic carbocycles. The molecule has 0 spiro atoms. The van der Waals surface area contributed by atoms with E-state index in [-0.39, 0.29) is 50.1 Å². The summed E-state index contributed by atoms with van der Waals surface area (Å²) in [6.07, 6.45) is 1.45. The Morgan fingerprint density at radius 3 is 2.19 bits per heavy atom. The van der Waals surface area contributed by atoms with Gasteiger partial charge in [-0.15, -0.1) is 0 Å². The van der Waals surface area contributed by atoms with Crippen molar-refractivity contribution in [1.29, 1.82) is 0 Å². The van der Waals surface area contributed by atoms with Crippen molar-refractivity contribution in [3.05, 3.63) is 44.0 Å². The third kappa shape index (κ3) is 5.31. The molecule has 13 nitrogen and oxygen atoms in total. The van der Waals surface area contributed by atoms with Gasteiger partial charge in [0.25, 0.3) is 17.3 Å². The summed E-state index contributed by atoms with van der Waals surface area (Å²) in [5.74, 6) is -1.18. The number of fused-ring (bicyclic) bond motifs is 1. The molecule has 2 N–H and O–H groups in total. The highest BCUT2D eigenvalue weighted by atomic mass is 16.6. The van der Waals surface area contributed by atoms with Gasteiger partial charge < -0.3 is 15.5 Å². The Hall–Kier alpha value is -3.61. The van der Waals surface area contributed by atoms with Crippen LogP contribution in [0.3, 0.4) is 0 Å². The summed E-state index contributed by atoms with van der Waals surface area (Å²) in [6, 6.07) is 2.31. The Balaban J connectivity index is 1.80. The monoisotopic (exact) mass is 434 g/mol. The molecule has 0 unspecified atom stereocenters. The largest absolute Gasteiger partial charge is 0.353 e. The molecule has 2 heterocycles. The highest BCUT2D eigenvalue weighted by molar-refractivity contribution is 5.95. The molecule has 2 fully saturated rings.